The number of nitrogens with zero attached hydrogens (tertiary/aromatic N) is 4. The number of hydrogen-bond donors (Lipinski definition) is 0. The maximum absolute atomic E-state index is 5.02. The third-order valence-corrected chi connectivity index (χ3v) is 16.4. The van der Waals surface area contributed by atoms with Crippen molar-refractivity contribution in [1.29, 1.82) is 0 Å². The summed E-state index contributed by atoms with van der Waals surface area (Å²) in [5, 5.41) is 12.1. The third-order valence-electron chi connectivity index (χ3n) is 14.2. The SMILES string of the molecule is c1ccc2c(c1)ccc1c2c2cc(-c3nc4ccccc4s3)ccc2n1-c1ccc(-c2ccc(-c3ccc(-n4c5ccc(-c6nc7ccccc7s6)cc5c5c6ccccc6ccc54)cc3)cc2)cc1. The molecule has 15 rings (SSSR count). The first-order chi connectivity index (χ1) is 34.7. The molecule has 326 valence electrons. The van der Waals surface area contributed by atoms with Gasteiger partial charge in [0, 0.05) is 44.0 Å². The fourth-order valence-corrected chi connectivity index (χ4v) is 12.8. The number of fused-ring (bicyclic) bond motifs is 12. The minimum Gasteiger partial charge on any atom is -0.309 e. The lowest BCUT2D eigenvalue weighted by Gasteiger charge is -2.11. The molecular formula is C64H38N4S2. The van der Waals surface area contributed by atoms with Crippen molar-refractivity contribution in [3.63, 3.8) is 0 Å². The molecule has 0 saturated carbocycles. The molecule has 0 amide bonds. The van der Waals surface area contributed by atoms with Gasteiger partial charge in [0.05, 0.1) is 42.5 Å². The molecule has 0 fully saturated rings. The van der Waals surface area contributed by atoms with E-state index in [4.69, 9.17) is 9.97 Å². The predicted octanol–water partition coefficient (Wildman–Crippen LogP) is 18.1. The van der Waals surface area contributed by atoms with Gasteiger partial charge < -0.3 is 9.13 Å². The van der Waals surface area contributed by atoms with Gasteiger partial charge in [-0.05, 0) is 141 Å². The van der Waals surface area contributed by atoms with Gasteiger partial charge in [-0.2, -0.15) is 0 Å². The molecular weight excluding hydrogens is 889 g/mol. The van der Waals surface area contributed by atoms with Gasteiger partial charge in [0.1, 0.15) is 10.0 Å². The number of aromatic nitrogens is 4. The molecule has 6 heteroatoms. The second kappa shape index (κ2) is 15.4. The Morgan fingerprint density at radius 3 is 1.07 bits per heavy atom. The Balaban J connectivity index is 0.758. The molecule has 0 atom stereocenters. The average molecular weight is 927 g/mol. The molecule has 0 spiro atoms. The summed E-state index contributed by atoms with van der Waals surface area (Å²) in [5.74, 6) is 0. The van der Waals surface area contributed by atoms with Gasteiger partial charge in [0.15, 0.2) is 0 Å². The molecule has 11 aromatic carbocycles. The van der Waals surface area contributed by atoms with Crippen LogP contribution in [0.25, 0.3) is 140 Å². The van der Waals surface area contributed by atoms with Crippen molar-refractivity contribution < 1.29 is 0 Å². The number of hydrogen-bond acceptors (Lipinski definition) is 4. The second-order valence-corrected chi connectivity index (χ2v) is 20.2. The summed E-state index contributed by atoms with van der Waals surface area (Å²) in [6, 6.07) is 84.0. The number of thiazole rings is 2. The topological polar surface area (TPSA) is 35.6 Å². The highest BCUT2D eigenvalue weighted by Gasteiger charge is 2.19. The van der Waals surface area contributed by atoms with Gasteiger partial charge in [-0.3, -0.25) is 0 Å². The molecule has 15 aromatic rings. The zero-order valence-corrected chi connectivity index (χ0v) is 39.2. The Hall–Kier alpha value is -8.68. The molecule has 0 aliphatic carbocycles. The van der Waals surface area contributed by atoms with E-state index in [1.54, 1.807) is 22.7 Å². The Morgan fingerprint density at radius 1 is 0.286 bits per heavy atom. The lowest BCUT2D eigenvalue weighted by molar-refractivity contribution is 1.18. The molecule has 70 heavy (non-hydrogen) atoms. The van der Waals surface area contributed by atoms with Gasteiger partial charge in [-0.15, -0.1) is 22.7 Å². The van der Waals surface area contributed by atoms with Crippen molar-refractivity contribution in [3.8, 4) is 54.8 Å². The second-order valence-electron chi connectivity index (χ2n) is 18.1. The fraction of sp³-hybridized carbons (Fsp3) is 0. The van der Waals surface area contributed by atoms with Crippen molar-refractivity contribution in [2.45, 2.75) is 0 Å². The van der Waals surface area contributed by atoms with Crippen LogP contribution in [0.1, 0.15) is 0 Å². The van der Waals surface area contributed by atoms with Crippen LogP contribution < -0.4 is 0 Å². The molecule has 0 N–H and O–H groups in total. The van der Waals surface area contributed by atoms with Gasteiger partial charge in [0.2, 0.25) is 0 Å². The molecule has 0 saturated heterocycles. The molecule has 0 bridgehead atoms. The standard InChI is InChI=1S/C64H38N4S2/c1-3-11-49-43(9-1)25-35-57-61(49)51-37-45(63-65-53-13-5-7-15-59(53)69-63)27-33-55(51)67(57)47-29-21-41(22-30-47)39-17-19-40(20-18-39)42-23-31-48(32-24-42)68-56-34-28-46(64-66-54-14-6-8-16-60(54)70-64)38-52(56)62-50-12-4-2-10-44(50)26-36-58(62)68/h1-38H. The van der Waals surface area contributed by atoms with Crippen LogP contribution in [0.15, 0.2) is 231 Å². The normalized spacial score (nSPS) is 12.0. The molecule has 0 unspecified atom stereocenters. The summed E-state index contributed by atoms with van der Waals surface area (Å²) < 4.78 is 7.24. The average Bonchev–Trinajstić information content (AvgIpc) is 4.22. The predicted molar refractivity (Wildman–Crippen MR) is 298 cm³/mol. The van der Waals surface area contributed by atoms with Crippen LogP contribution in [-0.4, -0.2) is 19.1 Å². The highest BCUT2D eigenvalue weighted by molar-refractivity contribution is 7.22. The van der Waals surface area contributed by atoms with E-state index in [9.17, 15) is 0 Å². The smallest absolute Gasteiger partial charge is 0.124 e. The number of benzene rings is 11. The zero-order valence-electron chi connectivity index (χ0n) is 37.5. The molecule has 0 radical (unpaired) electrons. The highest BCUT2D eigenvalue weighted by Crippen LogP contribution is 2.43. The van der Waals surface area contributed by atoms with Crippen LogP contribution in [0.2, 0.25) is 0 Å². The van der Waals surface area contributed by atoms with Crippen LogP contribution in [0, 0.1) is 0 Å². The van der Waals surface area contributed by atoms with Gasteiger partial charge >= 0.3 is 0 Å². The molecule has 4 heterocycles. The summed E-state index contributed by atoms with van der Waals surface area (Å²) in [7, 11) is 0. The number of para-hydroxylation sites is 2. The van der Waals surface area contributed by atoms with E-state index in [1.807, 2.05) is 0 Å². The third kappa shape index (κ3) is 6.14. The summed E-state index contributed by atoms with van der Waals surface area (Å²) in [5.41, 5.74) is 16.1. The summed E-state index contributed by atoms with van der Waals surface area (Å²) in [6.45, 7) is 0. The van der Waals surface area contributed by atoms with Crippen LogP contribution in [0.3, 0.4) is 0 Å². The van der Waals surface area contributed by atoms with E-state index in [2.05, 4.69) is 240 Å². The Morgan fingerprint density at radius 2 is 0.643 bits per heavy atom. The number of rotatable bonds is 6. The van der Waals surface area contributed by atoms with Gasteiger partial charge in [-0.25, -0.2) is 9.97 Å². The van der Waals surface area contributed by atoms with Crippen LogP contribution in [-0.2, 0) is 0 Å². The van der Waals surface area contributed by atoms with Crippen molar-refractivity contribution in [1.82, 2.24) is 19.1 Å². The van der Waals surface area contributed by atoms with E-state index in [1.165, 1.54) is 96.8 Å². The van der Waals surface area contributed by atoms with E-state index >= 15 is 0 Å². The Bertz CT molecular complexity index is 4210. The first-order valence-electron chi connectivity index (χ1n) is 23.6. The van der Waals surface area contributed by atoms with Crippen LogP contribution in [0.5, 0.6) is 0 Å². The lowest BCUT2D eigenvalue weighted by atomic mass is 10.00. The Labute approximate surface area is 410 Å². The Kier molecular flexibility index (Phi) is 8.66. The minimum absolute atomic E-state index is 1.04. The first-order valence-corrected chi connectivity index (χ1v) is 25.3. The van der Waals surface area contributed by atoms with E-state index in [0.29, 0.717) is 0 Å². The van der Waals surface area contributed by atoms with Crippen LogP contribution >= 0.6 is 22.7 Å². The van der Waals surface area contributed by atoms with E-state index < -0.39 is 0 Å². The lowest BCUT2D eigenvalue weighted by Crippen LogP contribution is -1.94. The largest absolute Gasteiger partial charge is 0.309 e. The van der Waals surface area contributed by atoms with Crippen molar-refractivity contribution in [3.05, 3.63) is 231 Å². The van der Waals surface area contributed by atoms with Crippen molar-refractivity contribution in [2.75, 3.05) is 0 Å². The van der Waals surface area contributed by atoms with Crippen molar-refractivity contribution >= 4 is 108 Å². The van der Waals surface area contributed by atoms with Gasteiger partial charge in [-0.1, -0.05) is 133 Å². The molecule has 4 nitrogen and oxygen atoms in total. The van der Waals surface area contributed by atoms with Gasteiger partial charge in [0.25, 0.3) is 0 Å². The minimum atomic E-state index is 1.04. The highest BCUT2D eigenvalue weighted by atomic mass is 32.1. The zero-order chi connectivity index (χ0) is 45.9. The van der Waals surface area contributed by atoms with Crippen LogP contribution in [0.4, 0.5) is 0 Å². The fourth-order valence-electron chi connectivity index (χ4n) is 10.9. The molecule has 4 aromatic heterocycles. The van der Waals surface area contributed by atoms with E-state index in [-0.39, 0.29) is 0 Å². The summed E-state index contributed by atoms with van der Waals surface area (Å²) in [4.78, 5) is 10.0. The first kappa shape index (κ1) is 39.3. The summed E-state index contributed by atoms with van der Waals surface area (Å²) >= 11 is 3.50. The van der Waals surface area contributed by atoms with E-state index in [0.717, 1.165) is 43.6 Å². The maximum atomic E-state index is 5.02. The molecule has 0 aliphatic heterocycles. The summed E-state index contributed by atoms with van der Waals surface area (Å²) in [6.07, 6.45) is 0. The monoisotopic (exact) mass is 926 g/mol. The molecule has 0 aliphatic rings. The van der Waals surface area contributed by atoms with Crippen molar-refractivity contribution in [2.24, 2.45) is 0 Å². The quantitative estimate of drug-likeness (QED) is 0.167. The maximum Gasteiger partial charge on any atom is 0.124 e.